The largest absolute Gasteiger partial charge is 0.290 e. The lowest BCUT2D eigenvalue weighted by molar-refractivity contribution is 0.491. The van der Waals surface area contributed by atoms with Crippen LogP contribution in [0.15, 0.2) is 35.3 Å². The molecule has 0 atom stereocenters. The molecule has 0 radical (unpaired) electrons. The molecule has 4 heteroatoms. The van der Waals surface area contributed by atoms with Gasteiger partial charge in [-0.15, -0.1) is 0 Å². The third kappa shape index (κ3) is 7.76. The average Bonchev–Trinajstić information content (AvgIpc) is 2.15. The quantitative estimate of drug-likeness (QED) is 0.585. The monoisotopic (exact) mass is 218 g/mol. The van der Waals surface area contributed by atoms with Gasteiger partial charge in [0.2, 0.25) is 0 Å². The molecule has 0 aliphatic carbocycles. The van der Waals surface area contributed by atoms with Gasteiger partial charge in [-0.2, -0.15) is 8.42 Å². The van der Waals surface area contributed by atoms with Crippen LogP contribution in [-0.4, -0.2) is 13.0 Å². The molecule has 0 aliphatic rings. The highest BCUT2D eigenvalue weighted by Crippen LogP contribution is 2.03. The average molecular weight is 218 g/mol. The van der Waals surface area contributed by atoms with Crippen LogP contribution in [0.2, 0.25) is 0 Å². The fraction of sp³-hybridized carbons (Fsp3) is 0.400. The van der Waals surface area contributed by atoms with Crippen molar-refractivity contribution in [1.29, 1.82) is 0 Å². The van der Waals surface area contributed by atoms with E-state index in [4.69, 9.17) is 4.55 Å². The van der Waals surface area contributed by atoms with Crippen molar-refractivity contribution in [3.63, 3.8) is 0 Å². The molecule has 0 saturated heterocycles. The summed E-state index contributed by atoms with van der Waals surface area (Å²) >= 11 is 0. The molecule has 3 nitrogen and oxygen atoms in total. The molecule has 0 rings (SSSR count). The molecule has 14 heavy (non-hydrogen) atoms. The Morgan fingerprint density at radius 3 is 1.93 bits per heavy atom. The Hall–Kier alpha value is -0.870. The molecule has 0 aromatic rings. The van der Waals surface area contributed by atoms with Gasteiger partial charge in [-0.3, -0.25) is 4.55 Å². The van der Waals surface area contributed by atoms with Crippen molar-refractivity contribution in [3.8, 4) is 0 Å². The minimum absolute atomic E-state index is 0.0799. The Bertz CT molecular complexity index is 321. The highest BCUT2D eigenvalue weighted by atomic mass is 32.2. The topological polar surface area (TPSA) is 54.4 Å². The standard InChI is InChI=1S/C8H12O3S.C2H6/c1-4-7(2)5-6-8(3)12(9,10)11;1-2/h4-6H,1H2,2-3H3,(H,9,10,11);1-2H3/b7-5-,8-6+;. The van der Waals surface area contributed by atoms with Crippen molar-refractivity contribution in [1.82, 2.24) is 0 Å². The molecule has 0 aromatic carbocycles. The van der Waals surface area contributed by atoms with Gasteiger partial charge in [0.1, 0.15) is 0 Å². The van der Waals surface area contributed by atoms with Gasteiger partial charge in [0.15, 0.2) is 0 Å². The van der Waals surface area contributed by atoms with E-state index in [9.17, 15) is 8.42 Å². The van der Waals surface area contributed by atoms with Gasteiger partial charge in [0.05, 0.1) is 4.91 Å². The van der Waals surface area contributed by atoms with E-state index in [1.807, 2.05) is 13.8 Å². The third-order valence-corrected chi connectivity index (χ3v) is 2.26. The molecule has 0 spiro atoms. The maximum Gasteiger partial charge on any atom is 0.290 e. The fourth-order valence-electron chi connectivity index (χ4n) is 0.403. The molecule has 0 fully saturated rings. The van der Waals surface area contributed by atoms with E-state index in [0.717, 1.165) is 5.57 Å². The van der Waals surface area contributed by atoms with E-state index < -0.39 is 10.1 Å². The second kappa shape index (κ2) is 7.53. The smallest absolute Gasteiger partial charge is 0.282 e. The lowest BCUT2D eigenvalue weighted by atomic mass is 10.3. The molecule has 0 aliphatic heterocycles. The van der Waals surface area contributed by atoms with E-state index in [2.05, 4.69) is 6.58 Å². The highest BCUT2D eigenvalue weighted by Gasteiger charge is 2.04. The van der Waals surface area contributed by atoms with Crippen molar-refractivity contribution in [3.05, 3.63) is 35.3 Å². The van der Waals surface area contributed by atoms with Gasteiger partial charge < -0.3 is 0 Å². The summed E-state index contributed by atoms with van der Waals surface area (Å²) in [6.45, 7) is 10.6. The van der Waals surface area contributed by atoms with E-state index in [-0.39, 0.29) is 4.91 Å². The summed E-state index contributed by atoms with van der Waals surface area (Å²) in [6.07, 6.45) is 4.48. The van der Waals surface area contributed by atoms with Crippen LogP contribution < -0.4 is 0 Å². The highest BCUT2D eigenvalue weighted by molar-refractivity contribution is 7.89. The first kappa shape index (κ1) is 15.6. The maximum absolute atomic E-state index is 10.5. The van der Waals surface area contributed by atoms with E-state index in [1.165, 1.54) is 13.0 Å². The zero-order chi connectivity index (χ0) is 11.8. The summed E-state index contributed by atoms with van der Waals surface area (Å²) in [7, 11) is -4.02. The lowest BCUT2D eigenvalue weighted by Gasteiger charge is -1.92. The first-order valence-corrected chi connectivity index (χ1v) is 5.77. The van der Waals surface area contributed by atoms with Crippen molar-refractivity contribution in [2.75, 3.05) is 0 Å². The van der Waals surface area contributed by atoms with Gasteiger partial charge in [0.25, 0.3) is 10.1 Å². The second-order valence-electron chi connectivity index (χ2n) is 2.37. The first-order chi connectivity index (χ1) is 6.38. The number of allylic oxidation sites excluding steroid dienone is 5. The van der Waals surface area contributed by atoms with Crippen molar-refractivity contribution < 1.29 is 13.0 Å². The van der Waals surface area contributed by atoms with Gasteiger partial charge in [-0.1, -0.05) is 38.2 Å². The van der Waals surface area contributed by atoms with Gasteiger partial charge >= 0.3 is 0 Å². The van der Waals surface area contributed by atoms with Crippen LogP contribution in [0.25, 0.3) is 0 Å². The number of hydrogen-bond donors (Lipinski definition) is 1. The summed E-state index contributed by atoms with van der Waals surface area (Å²) in [4.78, 5) is -0.0799. The second-order valence-corrected chi connectivity index (χ2v) is 3.96. The summed E-state index contributed by atoms with van der Waals surface area (Å²) in [5, 5.41) is 0. The van der Waals surface area contributed by atoms with Crippen LogP contribution in [0.5, 0.6) is 0 Å². The van der Waals surface area contributed by atoms with Crippen LogP contribution in [0, 0.1) is 0 Å². The van der Waals surface area contributed by atoms with E-state index >= 15 is 0 Å². The number of rotatable bonds is 3. The zero-order valence-electron chi connectivity index (χ0n) is 9.11. The SMILES string of the molecule is C=C/C(C)=C\C=C(/C)S(=O)(=O)O.CC. The summed E-state index contributed by atoms with van der Waals surface area (Å²) < 4.78 is 29.4. The minimum atomic E-state index is -4.02. The normalized spacial score (nSPS) is 12.9. The maximum atomic E-state index is 10.5. The van der Waals surface area contributed by atoms with Crippen LogP contribution in [0.1, 0.15) is 27.7 Å². The van der Waals surface area contributed by atoms with Crippen LogP contribution >= 0.6 is 0 Å². The van der Waals surface area contributed by atoms with Gasteiger partial charge in [-0.05, 0) is 19.9 Å². The first-order valence-electron chi connectivity index (χ1n) is 4.33. The molecular weight excluding hydrogens is 200 g/mol. The molecule has 82 valence electrons. The Labute approximate surface area is 86.6 Å². The molecule has 0 saturated carbocycles. The van der Waals surface area contributed by atoms with Crippen LogP contribution in [0.4, 0.5) is 0 Å². The zero-order valence-corrected chi connectivity index (χ0v) is 9.93. The summed E-state index contributed by atoms with van der Waals surface area (Å²) in [6, 6.07) is 0. The van der Waals surface area contributed by atoms with Gasteiger partial charge in [0, 0.05) is 0 Å². The molecule has 0 bridgehead atoms. The summed E-state index contributed by atoms with van der Waals surface area (Å²) in [5.41, 5.74) is 0.831. The van der Waals surface area contributed by atoms with Crippen LogP contribution in [-0.2, 0) is 10.1 Å². The third-order valence-electron chi connectivity index (χ3n) is 1.31. The molecular formula is C10H18O3S. The molecule has 0 unspecified atom stereocenters. The van der Waals surface area contributed by atoms with E-state index in [0.29, 0.717) is 0 Å². The Morgan fingerprint density at radius 2 is 1.64 bits per heavy atom. The van der Waals surface area contributed by atoms with E-state index in [1.54, 1.807) is 19.1 Å². The van der Waals surface area contributed by atoms with Crippen LogP contribution in [0.3, 0.4) is 0 Å². The lowest BCUT2D eigenvalue weighted by Crippen LogP contribution is -1.97. The Kier molecular flexibility index (Phi) is 8.38. The predicted octanol–water partition coefficient (Wildman–Crippen LogP) is 2.94. The number of hydrogen-bond acceptors (Lipinski definition) is 2. The Balaban J connectivity index is 0. The van der Waals surface area contributed by atoms with Crippen molar-refractivity contribution in [2.24, 2.45) is 0 Å². The molecule has 0 aromatic heterocycles. The summed E-state index contributed by atoms with van der Waals surface area (Å²) in [5.74, 6) is 0. The molecule has 0 amide bonds. The van der Waals surface area contributed by atoms with Gasteiger partial charge in [-0.25, -0.2) is 0 Å². The van der Waals surface area contributed by atoms with Crippen molar-refractivity contribution >= 4 is 10.1 Å². The molecule has 0 heterocycles. The predicted molar refractivity (Wildman–Crippen MR) is 60.6 cm³/mol. The minimum Gasteiger partial charge on any atom is -0.282 e. The Morgan fingerprint density at radius 1 is 1.21 bits per heavy atom. The molecule has 1 N–H and O–H groups in total. The fourth-order valence-corrected chi connectivity index (χ4v) is 0.643. The van der Waals surface area contributed by atoms with Crippen molar-refractivity contribution in [2.45, 2.75) is 27.7 Å².